The molecule has 0 radical (unpaired) electrons. The summed E-state index contributed by atoms with van der Waals surface area (Å²) < 4.78 is 12.8. The summed E-state index contributed by atoms with van der Waals surface area (Å²) in [5.74, 6) is -3.07. The Balaban J connectivity index is 2.29. The van der Waals surface area contributed by atoms with Gasteiger partial charge in [-0.25, -0.2) is 4.39 Å². The first-order valence-corrected chi connectivity index (χ1v) is 9.27. The Kier molecular flexibility index (Phi) is 6.73. The number of hydrogen-bond donors (Lipinski definition) is 3. The third kappa shape index (κ3) is 5.17. The molecule has 1 aromatic heterocycles. The van der Waals surface area contributed by atoms with Crippen LogP contribution in [0.5, 0.6) is 0 Å². The van der Waals surface area contributed by atoms with Crippen LogP contribution in [-0.4, -0.2) is 46.1 Å². The van der Waals surface area contributed by atoms with Gasteiger partial charge in [-0.05, 0) is 35.6 Å². The van der Waals surface area contributed by atoms with E-state index in [9.17, 15) is 18.8 Å². The predicted molar refractivity (Wildman–Crippen MR) is 103 cm³/mol. The Labute approximate surface area is 168 Å². The number of hydrogen-bond acceptors (Lipinski definition) is 6. The number of carbonyl (C=O) groups is 3. The smallest absolute Gasteiger partial charge is 0.305 e. The molecule has 2 unspecified atom stereocenters. The maximum atomic E-state index is 12.8. The number of nitrogens with one attached hydrogen (secondary N) is 2. The second-order valence-electron chi connectivity index (χ2n) is 7.91. The molecule has 0 fully saturated rings. The van der Waals surface area contributed by atoms with Gasteiger partial charge in [0.25, 0.3) is 5.91 Å². The van der Waals surface area contributed by atoms with Crippen molar-refractivity contribution in [1.82, 2.24) is 15.8 Å². The third-order valence-electron chi connectivity index (χ3n) is 4.74. The zero-order chi connectivity index (χ0) is 21.8. The van der Waals surface area contributed by atoms with Crippen LogP contribution in [0.3, 0.4) is 0 Å². The number of carbonyl (C=O) groups excluding carboxylic acids is 2. The van der Waals surface area contributed by atoms with Crippen LogP contribution in [0.4, 0.5) is 4.39 Å². The van der Waals surface area contributed by atoms with Crippen molar-refractivity contribution >= 4 is 23.4 Å². The fourth-order valence-electron chi connectivity index (χ4n) is 2.85. The van der Waals surface area contributed by atoms with Gasteiger partial charge >= 0.3 is 5.97 Å². The molecule has 0 saturated carbocycles. The van der Waals surface area contributed by atoms with E-state index in [-0.39, 0.29) is 11.8 Å². The highest BCUT2D eigenvalue weighted by Gasteiger charge is 2.43. The Bertz CT molecular complexity index is 834. The lowest BCUT2D eigenvalue weighted by Crippen LogP contribution is -2.53. The van der Waals surface area contributed by atoms with Gasteiger partial charge in [0.15, 0.2) is 11.4 Å². The Hall–Kier alpha value is -2.81. The normalized spacial score (nSPS) is 19.8. The van der Waals surface area contributed by atoms with E-state index in [4.69, 9.17) is 9.94 Å². The molecule has 1 aliphatic rings. The average molecular weight is 407 g/mol. The fraction of sp³-hybridized carbons (Fsp3) is 0.500. The molecule has 0 saturated heterocycles. The van der Waals surface area contributed by atoms with Crippen LogP contribution in [0.2, 0.25) is 0 Å². The van der Waals surface area contributed by atoms with E-state index < -0.39 is 42.4 Å². The summed E-state index contributed by atoms with van der Waals surface area (Å²) in [6.45, 7) is 6.51. The number of rotatable bonds is 8. The maximum Gasteiger partial charge on any atom is 0.305 e. The molecule has 2 heterocycles. The number of halogens is 1. The summed E-state index contributed by atoms with van der Waals surface area (Å²) in [5, 5.41) is 11.2. The van der Waals surface area contributed by atoms with Crippen LogP contribution >= 0.6 is 0 Å². The van der Waals surface area contributed by atoms with Gasteiger partial charge in [-0.1, -0.05) is 27.7 Å². The zero-order valence-corrected chi connectivity index (χ0v) is 16.9. The molecule has 3 N–H and O–H groups in total. The van der Waals surface area contributed by atoms with Crippen molar-refractivity contribution in [2.45, 2.75) is 57.6 Å². The molecular weight excluding hydrogens is 381 g/mol. The standard InChI is InChI=1S/C20H26FN3O5/c1-5-20(18(28)23-14(9-17(26)27)16(25)11-21)10-15(24-29-20)13-8-12(6-7-22-13)19(2,3)4/h6-8,10,14,24H,5,9,11H2,1-4H3,(H,23,28)(H,26,27). The first-order valence-electron chi connectivity index (χ1n) is 9.27. The summed E-state index contributed by atoms with van der Waals surface area (Å²) in [7, 11) is 0. The van der Waals surface area contributed by atoms with Crippen molar-refractivity contribution in [3.63, 3.8) is 0 Å². The number of Topliss-reactive ketones (excluding diaryl/α,β-unsaturated/α-hetero) is 1. The van der Waals surface area contributed by atoms with Gasteiger partial charge < -0.3 is 10.4 Å². The fourth-order valence-corrected chi connectivity index (χ4v) is 2.85. The molecule has 0 bridgehead atoms. The summed E-state index contributed by atoms with van der Waals surface area (Å²) in [6, 6.07) is 2.31. The number of carboxylic acid groups (broad SMARTS) is 1. The van der Waals surface area contributed by atoms with Crippen molar-refractivity contribution in [2.75, 3.05) is 6.67 Å². The van der Waals surface area contributed by atoms with Crippen LogP contribution in [-0.2, 0) is 24.6 Å². The quantitative estimate of drug-likeness (QED) is 0.602. The number of nitrogens with zero attached hydrogens (tertiary/aromatic N) is 1. The number of carboxylic acids is 1. The molecule has 0 spiro atoms. The van der Waals surface area contributed by atoms with Crippen molar-refractivity contribution in [2.24, 2.45) is 0 Å². The van der Waals surface area contributed by atoms with Crippen LogP contribution in [0, 0.1) is 0 Å². The highest BCUT2D eigenvalue weighted by Crippen LogP contribution is 2.30. The first-order chi connectivity index (χ1) is 13.5. The number of hydroxylamine groups is 1. The molecule has 0 aromatic carbocycles. The number of aliphatic carboxylic acids is 1. The molecule has 2 rings (SSSR count). The van der Waals surface area contributed by atoms with Crippen LogP contribution in [0.25, 0.3) is 5.70 Å². The van der Waals surface area contributed by atoms with E-state index in [0.717, 1.165) is 5.56 Å². The highest BCUT2D eigenvalue weighted by molar-refractivity contribution is 5.96. The van der Waals surface area contributed by atoms with E-state index in [1.54, 1.807) is 13.1 Å². The zero-order valence-electron chi connectivity index (χ0n) is 16.9. The largest absolute Gasteiger partial charge is 0.481 e. The van der Waals surface area contributed by atoms with Crippen molar-refractivity contribution in [3.8, 4) is 0 Å². The topological polar surface area (TPSA) is 118 Å². The van der Waals surface area contributed by atoms with Gasteiger partial charge in [0.05, 0.1) is 17.8 Å². The molecule has 1 aliphatic heterocycles. The number of ketones is 1. The van der Waals surface area contributed by atoms with Crippen LogP contribution in [0.1, 0.15) is 51.8 Å². The van der Waals surface area contributed by atoms with Gasteiger partial charge in [-0.3, -0.25) is 29.7 Å². The Morgan fingerprint density at radius 3 is 2.62 bits per heavy atom. The molecule has 8 nitrogen and oxygen atoms in total. The molecular formula is C20H26FN3O5. The van der Waals surface area contributed by atoms with Crippen LogP contribution in [0.15, 0.2) is 24.4 Å². The van der Waals surface area contributed by atoms with Gasteiger partial charge in [0.2, 0.25) is 0 Å². The van der Waals surface area contributed by atoms with Gasteiger partial charge in [0, 0.05) is 6.20 Å². The minimum absolute atomic E-state index is 0.103. The Morgan fingerprint density at radius 2 is 2.07 bits per heavy atom. The molecule has 9 heteroatoms. The average Bonchev–Trinajstić information content (AvgIpc) is 3.12. The van der Waals surface area contributed by atoms with E-state index >= 15 is 0 Å². The second-order valence-corrected chi connectivity index (χ2v) is 7.91. The van der Waals surface area contributed by atoms with Crippen molar-refractivity contribution in [1.29, 1.82) is 0 Å². The van der Waals surface area contributed by atoms with E-state index in [1.165, 1.54) is 6.08 Å². The number of aromatic nitrogens is 1. The lowest BCUT2D eigenvalue weighted by Gasteiger charge is -2.25. The van der Waals surface area contributed by atoms with E-state index in [0.29, 0.717) is 11.4 Å². The number of amides is 1. The van der Waals surface area contributed by atoms with Crippen LogP contribution < -0.4 is 10.8 Å². The third-order valence-corrected chi connectivity index (χ3v) is 4.74. The minimum Gasteiger partial charge on any atom is -0.481 e. The molecule has 29 heavy (non-hydrogen) atoms. The van der Waals surface area contributed by atoms with Crippen molar-refractivity contribution in [3.05, 3.63) is 35.7 Å². The van der Waals surface area contributed by atoms with Crippen molar-refractivity contribution < 1.29 is 28.7 Å². The second kappa shape index (κ2) is 8.69. The van der Waals surface area contributed by atoms with Gasteiger partial charge in [0.1, 0.15) is 12.7 Å². The molecule has 158 valence electrons. The SMILES string of the molecule is CCC1(C(=O)NC(CC(=O)O)C(=O)CF)C=C(c2cc(C(C)(C)C)ccn2)NO1. The summed E-state index contributed by atoms with van der Waals surface area (Å²) in [6.07, 6.45) is 2.67. The number of alkyl halides is 1. The van der Waals surface area contributed by atoms with Gasteiger partial charge in [-0.15, -0.1) is 0 Å². The lowest BCUT2D eigenvalue weighted by molar-refractivity contribution is -0.147. The molecule has 1 aromatic rings. The van der Waals surface area contributed by atoms with E-state index in [1.807, 2.05) is 12.1 Å². The highest BCUT2D eigenvalue weighted by atomic mass is 19.1. The summed E-state index contributed by atoms with van der Waals surface area (Å²) in [4.78, 5) is 45.2. The monoisotopic (exact) mass is 407 g/mol. The van der Waals surface area contributed by atoms with E-state index in [2.05, 4.69) is 36.6 Å². The molecule has 2 atom stereocenters. The molecule has 1 amide bonds. The predicted octanol–water partition coefficient (Wildman–Crippen LogP) is 1.90. The van der Waals surface area contributed by atoms with Gasteiger partial charge in [-0.2, -0.15) is 0 Å². The number of pyridine rings is 1. The Morgan fingerprint density at radius 1 is 1.38 bits per heavy atom. The lowest BCUT2D eigenvalue weighted by atomic mass is 9.87. The molecule has 0 aliphatic carbocycles. The minimum atomic E-state index is -1.48. The first kappa shape index (κ1) is 22.5. The summed E-state index contributed by atoms with van der Waals surface area (Å²) >= 11 is 0. The summed E-state index contributed by atoms with van der Waals surface area (Å²) in [5.41, 5.74) is 3.19. The maximum absolute atomic E-state index is 12.8.